The summed E-state index contributed by atoms with van der Waals surface area (Å²) in [6.07, 6.45) is 3.95. The van der Waals surface area contributed by atoms with Gasteiger partial charge in [0.1, 0.15) is 0 Å². The normalized spacial score (nSPS) is 20.0. The third-order valence-electron chi connectivity index (χ3n) is 2.43. The van der Waals surface area contributed by atoms with Gasteiger partial charge in [-0.2, -0.15) is 0 Å². The van der Waals surface area contributed by atoms with Gasteiger partial charge in [-0.1, -0.05) is 12.8 Å². The molecule has 1 aliphatic rings. The number of hydrogen-bond acceptors (Lipinski definition) is 3. The van der Waals surface area contributed by atoms with E-state index < -0.39 is 6.29 Å². The van der Waals surface area contributed by atoms with Crippen molar-refractivity contribution in [3.8, 4) is 0 Å². The fraction of sp³-hybridized carbons (Fsp3) is 0.909. The van der Waals surface area contributed by atoms with Gasteiger partial charge in [0.15, 0.2) is 6.29 Å². The lowest BCUT2D eigenvalue weighted by molar-refractivity contribution is -0.185. The summed E-state index contributed by atoms with van der Waals surface area (Å²) >= 11 is 0. The lowest BCUT2D eigenvalue weighted by Crippen LogP contribution is -2.25. The average molecular weight is 200 g/mol. The fourth-order valence-corrected chi connectivity index (χ4v) is 1.83. The molecule has 3 heteroatoms. The van der Waals surface area contributed by atoms with Gasteiger partial charge in [-0.3, -0.25) is 4.79 Å². The summed E-state index contributed by atoms with van der Waals surface area (Å²) in [5.41, 5.74) is 0. The van der Waals surface area contributed by atoms with Crippen LogP contribution < -0.4 is 0 Å². The number of carbonyl (C=O) groups is 1. The van der Waals surface area contributed by atoms with Crippen LogP contribution in [0, 0.1) is 5.92 Å². The van der Waals surface area contributed by atoms with Crippen molar-refractivity contribution >= 4 is 5.97 Å². The summed E-state index contributed by atoms with van der Waals surface area (Å²) < 4.78 is 10.5. The van der Waals surface area contributed by atoms with E-state index in [9.17, 15) is 4.79 Å². The van der Waals surface area contributed by atoms with E-state index in [2.05, 4.69) is 0 Å². The first-order chi connectivity index (χ1) is 6.59. The first-order valence-electron chi connectivity index (χ1n) is 5.45. The van der Waals surface area contributed by atoms with Crippen LogP contribution in [0.15, 0.2) is 0 Å². The van der Waals surface area contributed by atoms with Gasteiger partial charge >= 0.3 is 5.97 Å². The van der Waals surface area contributed by atoms with Gasteiger partial charge in [-0.05, 0) is 33.6 Å². The van der Waals surface area contributed by atoms with Crippen LogP contribution in [0.25, 0.3) is 0 Å². The molecule has 1 fully saturated rings. The minimum Gasteiger partial charge on any atom is -0.436 e. The van der Waals surface area contributed by atoms with E-state index in [-0.39, 0.29) is 18.0 Å². The lowest BCUT2D eigenvalue weighted by Gasteiger charge is -2.18. The molecule has 1 unspecified atom stereocenters. The smallest absolute Gasteiger partial charge is 0.311 e. The third kappa shape index (κ3) is 3.66. The topological polar surface area (TPSA) is 35.5 Å². The molecule has 0 heterocycles. The van der Waals surface area contributed by atoms with Crippen molar-refractivity contribution in [1.29, 1.82) is 0 Å². The van der Waals surface area contributed by atoms with E-state index in [4.69, 9.17) is 9.47 Å². The summed E-state index contributed by atoms with van der Waals surface area (Å²) in [4.78, 5) is 11.5. The molecular weight excluding hydrogens is 180 g/mol. The Hall–Kier alpha value is -0.570. The van der Waals surface area contributed by atoms with Crippen LogP contribution in [0.3, 0.4) is 0 Å². The zero-order valence-corrected chi connectivity index (χ0v) is 9.29. The van der Waals surface area contributed by atoms with Gasteiger partial charge < -0.3 is 9.47 Å². The fourth-order valence-electron chi connectivity index (χ4n) is 1.83. The molecule has 1 saturated carbocycles. The van der Waals surface area contributed by atoms with Crippen molar-refractivity contribution in [3.63, 3.8) is 0 Å². The number of carbonyl (C=O) groups excluding carboxylic acids is 1. The Bertz CT molecular complexity index is 183. The molecule has 0 amide bonds. The highest BCUT2D eigenvalue weighted by Gasteiger charge is 2.25. The van der Waals surface area contributed by atoms with Crippen molar-refractivity contribution in [3.05, 3.63) is 0 Å². The molecule has 0 aromatic rings. The van der Waals surface area contributed by atoms with Gasteiger partial charge in [-0.25, -0.2) is 0 Å². The number of rotatable bonds is 4. The van der Waals surface area contributed by atoms with Crippen molar-refractivity contribution in [2.24, 2.45) is 5.92 Å². The van der Waals surface area contributed by atoms with E-state index >= 15 is 0 Å². The Morgan fingerprint density at radius 1 is 1.21 bits per heavy atom. The van der Waals surface area contributed by atoms with Crippen molar-refractivity contribution in [2.75, 3.05) is 0 Å². The van der Waals surface area contributed by atoms with Gasteiger partial charge in [0.05, 0.1) is 12.0 Å². The second-order valence-corrected chi connectivity index (χ2v) is 4.17. The second kappa shape index (κ2) is 5.35. The summed E-state index contributed by atoms with van der Waals surface area (Å²) in [5.74, 6) is 0.0314. The third-order valence-corrected chi connectivity index (χ3v) is 2.43. The van der Waals surface area contributed by atoms with Crippen LogP contribution in [-0.2, 0) is 14.3 Å². The van der Waals surface area contributed by atoms with E-state index in [1.807, 2.05) is 13.8 Å². The first-order valence-corrected chi connectivity index (χ1v) is 5.45. The van der Waals surface area contributed by atoms with Crippen LogP contribution >= 0.6 is 0 Å². The zero-order chi connectivity index (χ0) is 10.6. The van der Waals surface area contributed by atoms with Crippen molar-refractivity contribution < 1.29 is 14.3 Å². The van der Waals surface area contributed by atoms with E-state index in [1.165, 1.54) is 0 Å². The quantitative estimate of drug-likeness (QED) is 0.516. The number of esters is 1. The maximum absolute atomic E-state index is 11.5. The molecule has 1 atom stereocenters. The monoisotopic (exact) mass is 200 g/mol. The molecule has 0 radical (unpaired) electrons. The lowest BCUT2D eigenvalue weighted by atomic mass is 10.1. The minimum absolute atomic E-state index is 0.0874. The largest absolute Gasteiger partial charge is 0.436 e. The van der Waals surface area contributed by atoms with E-state index in [0.29, 0.717) is 0 Å². The van der Waals surface area contributed by atoms with Crippen LogP contribution in [0.4, 0.5) is 0 Å². The SMILES string of the molecule is CC(C)OC(C)OC(=O)C1CCCC1. The standard InChI is InChI=1S/C11H20O3/c1-8(2)13-9(3)14-11(12)10-6-4-5-7-10/h8-10H,4-7H2,1-3H3. The van der Waals surface area contributed by atoms with Gasteiger partial charge in [0.2, 0.25) is 0 Å². The molecule has 0 aromatic heterocycles. The molecule has 0 N–H and O–H groups in total. The first kappa shape index (κ1) is 11.5. The van der Waals surface area contributed by atoms with Crippen molar-refractivity contribution in [1.82, 2.24) is 0 Å². The van der Waals surface area contributed by atoms with E-state index in [1.54, 1.807) is 6.92 Å². The zero-order valence-electron chi connectivity index (χ0n) is 9.29. The Morgan fingerprint density at radius 3 is 2.29 bits per heavy atom. The molecular formula is C11H20O3. The molecule has 1 aliphatic carbocycles. The molecule has 1 rings (SSSR count). The van der Waals surface area contributed by atoms with Gasteiger partial charge in [0, 0.05) is 0 Å². The Balaban J connectivity index is 2.25. The van der Waals surface area contributed by atoms with Gasteiger partial charge in [0.25, 0.3) is 0 Å². The summed E-state index contributed by atoms with van der Waals surface area (Å²) in [6.45, 7) is 5.63. The highest BCUT2D eigenvalue weighted by molar-refractivity contribution is 5.72. The highest BCUT2D eigenvalue weighted by atomic mass is 16.7. The Morgan fingerprint density at radius 2 is 1.79 bits per heavy atom. The van der Waals surface area contributed by atoms with Crippen LogP contribution in [0.5, 0.6) is 0 Å². The Labute approximate surface area is 85.8 Å². The molecule has 82 valence electrons. The highest BCUT2D eigenvalue weighted by Crippen LogP contribution is 2.26. The van der Waals surface area contributed by atoms with Crippen LogP contribution in [-0.4, -0.2) is 18.4 Å². The molecule has 0 aliphatic heterocycles. The van der Waals surface area contributed by atoms with Crippen molar-refractivity contribution in [2.45, 2.75) is 58.8 Å². The number of ether oxygens (including phenoxy) is 2. The number of hydrogen-bond donors (Lipinski definition) is 0. The molecule has 0 bridgehead atoms. The summed E-state index contributed by atoms with van der Waals surface area (Å²) in [7, 11) is 0. The maximum atomic E-state index is 11.5. The average Bonchev–Trinajstić information content (AvgIpc) is 2.53. The molecule has 14 heavy (non-hydrogen) atoms. The summed E-state index contributed by atoms with van der Waals surface area (Å²) in [6, 6.07) is 0. The molecule has 0 aromatic carbocycles. The minimum atomic E-state index is -0.414. The molecule has 0 spiro atoms. The second-order valence-electron chi connectivity index (χ2n) is 4.17. The van der Waals surface area contributed by atoms with Crippen LogP contribution in [0.2, 0.25) is 0 Å². The maximum Gasteiger partial charge on any atom is 0.311 e. The Kier molecular flexibility index (Phi) is 4.39. The predicted molar refractivity (Wildman–Crippen MR) is 53.7 cm³/mol. The molecule has 0 saturated heterocycles. The summed E-state index contributed by atoms with van der Waals surface area (Å²) in [5, 5.41) is 0. The predicted octanol–water partition coefficient (Wildman–Crippen LogP) is 2.49. The van der Waals surface area contributed by atoms with Crippen LogP contribution in [0.1, 0.15) is 46.5 Å². The molecule has 3 nitrogen and oxygen atoms in total. The van der Waals surface area contributed by atoms with Gasteiger partial charge in [-0.15, -0.1) is 0 Å². The van der Waals surface area contributed by atoms with E-state index in [0.717, 1.165) is 25.7 Å².